The van der Waals surface area contributed by atoms with Crippen LogP contribution < -0.4 is 5.32 Å². The Morgan fingerprint density at radius 1 is 1.12 bits per heavy atom. The molecule has 2 fully saturated rings. The average Bonchev–Trinajstić information content (AvgIpc) is 2.57. The van der Waals surface area contributed by atoms with Crippen LogP contribution in [0.3, 0.4) is 0 Å². The highest BCUT2D eigenvalue weighted by molar-refractivity contribution is 5.86. The van der Waals surface area contributed by atoms with Crippen LogP contribution in [0.1, 0.15) is 58.3 Å². The van der Waals surface area contributed by atoms with E-state index in [1.54, 1.807) is 0 Å². The van der Waals surface area contributed by atoms with Gasteiger partial charge in [0.25, 0.3) is 0 Å². The quantitative estimate of drug-likeness (QED) is 0.789. The van der Waals surface area contributed by atoms with Crippen molar-refractivity contribution < 1.29 is 14.7 Å². The molecule has 1 amide bonds. The Labute approximate surface area is 102 Å². The van der Waals surface area contributed by atoms with Gasteiger partial charge in [0.1, 0.15) is 0 Å². The fourth-order valence-electron chi connectivity index (χ4n) is 3.04. The van der Waals surface area contributed by atoms with E-state index in [1.165, 1.54) is 0 Å². The Morgan fingerprint density at radius 3 is 2.12 bits per heavy atom. The maximum Gasteiger partial charge on any atom is 0.310 e. The van der Waals surface area contributed by atoms with E-state index in [-0.39, 0.29) is 17.9 Å². The number of carbonyl (C=O) groups is 2. The normalized spacial score (nSPS) is 25.0. The molecule has 0 heterocycles. The molecule has 0 radical (unpaired) electrons. The summed E-state index contributed by atoms with van der Waals surface area (Å²) in [5, 5.41) is 12.2. The first-order chi connectivity index (χ1) is 7.96. The van der Waals surface area contributed by atoms with Gasteiger partial charge < -0.3 is 10.4 Å². The molecule has 0 aromatic heterocycles. The van der Waals surface area contributed by atoms with Crippen molar-refractivity contribution >= 4 is 11.9 Å². The summed E-state index contributed by atoms with van der Waals surface area (Å²) in [5.74, 6) is -0.896. The van der Waals surface area contributed by atoms with Crippen molar-refractivity contribution in [1.82, 2.24) is 5.32 Å². The summed E-state index contributed by atoms with van der Waals surface area (Å²) < 4.78 is 0. The van der Waals surface area contributed by atoms with E-state index in [2.05, 4.69) is 12.2 Å². The number of carboxylic acid groups (broad SMARTS) is 1. The molecule has 0 spiro atoms. The van der Waals surface area contributed by atoms with Crippen LogP contribution in [0.15, 0.2) is 0 Å². The lowest BCUT2D eigenvalue weighted by Gasteiger charge is -2.38. The van der Waals surface area contributed by atoms with E-state index in [9.17, 15) is 14.7 Å². The first-order valence-corrected chi connectivity index (χ1v) is 6.50. The van der Waals surface area contributed by atoms with E-state index in [4.69, 9.17) is 0 Å². The molecule has 17 heavy (non-hydrogen) atoms. The van der Waals surface area contributed by atoms with E-state index in [0.717, 1.165) is 32.1 Å². The maximum atomic E-state index is 11.9. The van der Waals surface area contributed by atoms with Gasteiger partial charge in [0, 0.05) is 12.0 Å². The molecule has 0 aromatic rings. The van der Waals surface area contributed by atoms with Gasteiger partial charge in [0.2, 0.25) is 5.91 Å². The predicted octanol–water partition coefficient (Wildman–Crippen LogP) is 2.08. The highest BCUT2D eigenvalue weighted by Gasteiger charge is 2.46. The summed E-state index contributed by atoms with van der Waals surface area (Å²) >= 11 is 0. The lowest BCUT2D eigenvalue weighted by molar-refractivity contribution is -0.157. The first kappa shape index (κ1) is 12.4. The summed E-state index contributed by atoms with van der Waals surface area (Å²) in [6, 6.07) is 0. The average molecular weight is 239 g/mol. The number of hydrogen-bond acceptors (Lipinski definition) is 2. The minimum atomic E-state index is -0.810. The molecule has 2 aliphatic rings. The summed E-state index contributed by atoms with van der Waals surface area (Å²) in [7, 11) is 0. The number of aliphatic carboxylic acids is 1. The van der Waals surface area contributed by atoms with Crippen molar-refractivity contribution in [2.24, 2.45) is 5.41 Å². The fraction of sp³-hybridized carbons (Fsp3) is 0.846. The Balaban J connectivity index is 1.90. The second kappa shape index (κ2) is 4.31. The number of carboxylic acids is 1. The number of hydrogen-bond donors (Lipinski definition) is 2. The van der Waals surface area contributed by atoms with Crippen molar-refractivity contribution in [2.45, 2.75) is 63.8 Å². The smallest absolute Gasteiger partial charge is 0.310 e. The first-order valence-electron chi connectivity index (χ1n) is 6.50. The van der Waals surface area contributed by atoms with Gasteiger partial charge in [-0.1, -0.05) is 19.3 Å². The minimum absolute atomic E-state index is 0.0866. The van der Waals surface area contributed by atoms with E-state index < -0.39 is 11.4 Å². The Hall–Kier alpha value is -1.06. The zero-order chi connectivity index (χ0) is 12.5. The molecule has 0 aromatic carbocycles. The Bertz CT molecular complexity index is 328. The van der Waals surface area contributed by atoms with Crippen LogP contribution in [0.25, 0.3) is 0 Å². The second-order valence-corrected chi connectivity index (χ2v) is 5.93. The molecule has 4 nitrogen and oxygen atoms in total. The summed E-state index contributed by atoms with van der Waals surface area (Å²) in [6.45, 7) is 2.06. The molecule has 96 valence electrons. The summed E-state index contributed by atoms with van der Waals surface area (Å²) in [6.07, 6.45) is 6.70. The van der Waals surface area contributed by atoms with Crippen molar-refractivity contribution in [3.63, 3.8) is 0 Å². The third kappa shape index (κ3) is 2.45. The zero-order valence-corrected chi connectivity index (χ0v) is 10.4. The molecule has 2 N–H and O–H groups in total. The minimum Gasteiger partial charge on any atom is -0.481 e. The van der Waals surface area contributed by atoms with Gasteiger partial charge >= 0.3 is 5.97 Å². The molecule has 2 aliphatic carbocycles. The molecular weight excluding hydrogens is 218 g/mol. The number of nitrogens with one attached hydrogen (secondary N) is 1. The van der Waals surface area contributed by atoms with Crippen molar-refractivity contribution in [2.75, 3.05) is 0 Å². The molecule has 4 heteroatoms. The molecule has 0 unspecified atom stereocenters. The topological polar surface area (TPSA) is 66.4 Å². The lowest BCUT2D eigenvalue weighted by Crippen LogP contribution is -2.48. The van der Waals surface area contributed by atoms with Gasteiger partial charge in [-0.05, 0) is 32.6 Å². The van der Waals surface area contributed by atoms with Crippen LogP contribution >= 0.6 is 0 Å². The van der Waals surface area contributed by atoms with Gasteiger partial charge in [-0.15, -0.1) is 0 Å². The van der Waals surface area contributed by atoms with Crippen LogP contribution in [0.2, 0.25) is 0 Å². The van der Waals surface area contributed by atoms with E-state index in [1.807, 2.05) is 0 Å². The van der Waals surface area contributed by atoms with E-state index >= 15 is 0 Å². The fourth-order valence-corrected chi connectivity index (χ4v) is 3.04. The number of carbonyl (C=O) groups excluding carboxylic acids is 1. The molecule has 2 saturated carbocycles. The highest BCUT2D eigenvalue weighted by atomic mass is 16.4. The standard InChI is InChI=1S/C13H21NO3/c1-12(5-2-3-6-12)14-10(15)9-13(11(16)17)7-4-8-13/h2-9H2,1H3,(H,14,15)(H,16,17). The SMILES string of the molecule is CC1(NC(=O)CC2(C(=O)O)CCC2)CCCC1. The van der Waals surface area contributed by atoms with Crippen molar-refractivity contribution in [3.05, 3.63) is 0 Å². The van der Waals surface area contributed by atoms with Crippen molar-refractivity contribution in [3.8, 4) is 0 Å². The van der Waals surface area contributed by atoms with Crippen LogP contribution in [-0.2, 0) is 9.59 Å². The summed E-state index contributed by atoms with van der Waals surface area (Å²) in [5.41, 5.74) is -0.862. The van der Waals surface area contributed by atoms with Gasteiger partial charge in [0.05, 0.1) is 5.41 Å². The molecule has 0 atom stereocenters. The van der Waals surface area contributed by atoms with Gasteiger partial charge in [0.15, 0.2) is 0 Å². The third-order valence-corrected chi connectivity index (χ3v) is 4.41. The van der Waals surface area contributed by atoms with Crippen LogP contribution in [0.5, 0.6) is 0 Å². The number of amides is 1. The monoisotopic (exact) mass is 239 g/mol. The van der Waals surface area contributed by atoms with Gasteiger partial charge in [-0.2, -0.15) is 0 Å². The van der Waals surface area contributed by atoms with Crippen LogP contribution in [0, 0.1) is 5.41 Å². The maximum absolute atomic E-state index is 11.9. The highest BCUT2D eigenvalue weighted by Crippen LogP contribution is 2.44. The second-order valence-electron chi connectivity index (χ2n) is 5.93. The van der Waals surface area contributed by atoms with Gasteiger partial charge in [-0.25, -0.2) is 0 Å². The predicted molar refractivity (Wildman–Crippen MR) is 63.6 cm³/mol. The molecule has 2 rings (SSSR count). The zero-order valence-electron chi connectivity index (χ0n) is 10.4. The molecule has 0 aliphatic heterocycles. The Kier molecular flexibility index (Phi) is 3.15. The van der Waals surface area contributed by atoms with Gasteiger partial charge in [-0.3, -0.25) is 9.59 Å². The molecule has 0 saturated heterocycles. The third-order valence-electron chi connectivity index (χ3n) is 4.41. The lowest BCUT2D eigenvalue weighted by atomic mass is 9.66. The van der Waals surface area contributed by atoms with Crippen molar-refractivity contribution in [1.29, 1.82) is 0 Å². The summed E-state index contributed by atoms with van der Waals surface area (Å²) in [4.78, 5) is 23.1. The number of rotatable bonds is 4. The largest absolute Gasteiger partial charge is 0.481 e. The van der Waals surface area contributed by atoms with E-state index in [0.29, 0.717) is 12.8 Å². The molecule has 0 bridgehead atoms. The van der Waals surface area contributed by atoms with Crippen LogP contribution in [-0.4, -0.2) is 22.5 Å². The Morgan fingerprint density at radius 2 is 1.71 bits per heavy atom. The molecular formula is C13H21NO3. The van der Waals surface area contributed by atoms with Crippen LogP contribution in [0.4, 0.5) is 0 Å².